The molecule has 0 unspecified atom stereocenters. The minimum Gasteiger partial charge on any atom is -0.369 e. The van der Waals surface area contributed by atoms with Gasteiger partial charge in [-0.15, -0.1) is 0 Å². The predicted octanol–water partition coefficient (Wildman–Crippen LogP) is 4.04. The summed E-state index contributed by atoms with van der Waals surface area (Å²) in [6.45, 7) is 2.47. The van der Waals surface area contributed by atoms with Crippen molar-refractivity contribution in [2.45, 2.75) is 19.5 Å². The van der Waals surface area contributed by atoms with Crippen LogP contribution in [0.3, 0.4) is 0 Å². The summed E-state index contributed by atoms with van der Waals surface area (Å²) in [5.41, 5.74) is 1.65. The first-order chi connectivity index (χ1) is 15.5. The molecule has 0 aliphatic heterocycles. The lowest BCUT2D eigenvalue weighted by molar-refractivity contribution is -0.626. The molecule has 4 N–H and O–H groups in total. The zero-order valence-corrected chi connectivity index (χ0v) is 21.4. The second-order valence-electron chi connectivity index (χ2n) is 7.19. The maximum absolute atomic E-state index is 12.8. The molecule has 32 heavy (non-hydrogen) atoms. The van der Waals surface area contributed by atoms with Gasteiger partial charge in [0.2, 0.25) is 0 Å². The number of nitrogens with two attached hydrogens (primary N) is 1. The van der Waals surface area contributed by atoms with Crippen LogP contribution in [0.25, 0.3) is 10.9 Å². The van der Waals surface area contributed by atoms with Gasteiger partial charge < -0.3 is 20.9 Å². The van der Waals surface area contributed by atoms with E-state index in [9.17, 15) is 4.79 Å². The Morgan fingerprint density at radius 2 is 2.00 bits per heavy atom. The number of alkyl halides is 1. The molecule has 3 aromatic rings. The van der Waals surface area contributed by atoms with Gasteiger partial charge in [-0.2, -0.15) is 0 Å². The number of quaternary nitrogens is 1. The van der Waals surface area contributed by atoms with Gasteiger partial charge in [-0.1, -0.05) is 64.0 Å². The SMILES string of the molecule is C[NH2+]CCCNc1nc(CN(CI)C(=O)NCc2ccc(Cl)cc2Cl)nc2ccccc12. The van der Waals surface area contributed by atoms with E-state index in [4.69, 9.17) is 28.2 Å². The third kappa shape index (κ3) is 6.81. The van der Waals surface area contributed by atoms with Gasteiger partial charge in [0, 0.05) is 34.9 Å². The van der Waals surface area contributed by atoms with Crippen LogP contribution in [-0.2, 0) is 13.1 Å². The predicted molar refractivity (Wildman–Crippen MR) is 138 cm³/mol. The minimum atomic E-state index is -0.213. The van der Waals surface area contributed by atoms with Gasteiger partial charge in [0.05, 0.1) is 30.2 Å². The number of aromatic nitrogens is 2. The van der Waals surface area contributed by atoms with Crippen LogP contribution in [-0.4, -0.2) is 45.6 Å². The summed E-state index contributed by atoms with van der Waals surface area (Å²) in [6.07, 6.45) is 1.03. The average molecular weight is 588 g/mol. The Kier molecular flexibility index (Phi) is 9.58. The minimum absolute atomic E-state index is 0.213. The number of rotatable bonds is 10. The van der Waals surface area contributed by atoms with Crippen LogP contribution in [0, 0.1) is 0 Å². The van der Waals surface area contributed by atoms with Crippen molar-refractivity contribution in [3.05, 3.63) is 63.9 Å². The van der Waals surface area contributed by atoms with E-state index in [1.54, 1.807) is 23.1 Å². The number of benzene rings is 2. The number of carbonyl (C=O) groups excluding carboxylic acids is 1. The summed E-state index contributed by atoms with van der Waals surface area (Å²) in [7, 11) is 2.06. The Bertz CT molecular complexity index is 1070. The molecular weight excluding hydrogens is 562 g/mol. The third-order valence-corrected chi connectivity index (χ3v) is 6.23. The second-order valence-corrected chi connectivity index (χ2v) is 8.72. The number of carbonyl (C=O) groups is 1. The smallest absolute Gasteiger partial charge is 0.318 e. The summed E-state index contributed by atoms with van der Waals surface area (Å²) in [5, 5.41) is 10.5. The first-order valence-corrected chi connectivity index (χ1v) is 12.6. The van der Waals surface area contributed by atoms with Gasteiger partial charge in [-0.25, -0.2) is 14.8 Å². The topological polar surface area (TPSA) is 86.8 Å². The molecule has 1 heterocycles. The number of amides is 2. The van der Waals surface area contributed by atoms with Crippen molar-refractivity contribution in [3.8, 4) is 0 Å². The summed E-state index contributed by atoms with van der Waals surface area (Å²) >= 11 is 14.3. The first-order valence-electron chi connectivity index (χ1n) is 10.3. The van der Waals surface area contributed by atoms with E-state index in [0.717, 1.165) is 41.8 Å². The van der Waals surface area contributed by atoms with E-state index in [-0.39, 0.29) is 6.03 Å². The molecule has 0 atom stereocenters. The summed E-state index contributed by atoms with van der Waals surface area (Å²) in [6, 6.07) is 12.9. The molecule has 10 heteroatoms. The Balaban J connectivity index is 1.71. The summed E-state index contributed by atoms with van der Waals surface area (Å²) in [4.78, 5) is 23.8. The molecule has 1 aromatic heterocycles. The van der Waals surface area contributed by atoms with Gasteiger partial charge in [-0.05, 0) is 29.8 Å². The van der Waals surface area contributed by atoms with Crippen molar-refractivity contribution in [1.29, 1.82) is 0 Å². The molecule has 0 spiro atoms. The second kappa shape index (κ2) is 12.4. The van der Waals surface area contributed by atoms with Crippen molar-refractivity contribution in [2.24, 2.45) is 0 Å². The molecule has 0 fully saturated rings. The molecule has 2 aromatic carbocycles. The van der Waals surface area contributed by atoms with Gasteiger partial charge in [0.15, 0.2) is 5.82 Å². The molecule has 0 aliphatic rings. The number of nitrogens with one attached hydrogen (secondary N) is 2. The molecule has 2 amide bonds. The first kappa shape index (κ1) is 24.8. The van der Waals surface area contributed by atoms with Crippen molar-refractivity contribution in [3.63, 3.8) is 0 Å². The summed E-state index contributed by atoms with van der Waals surface area (Å²) < 4.78 is 0.489. The monoisotopic (exact) mass is 587 g/mol. The zero-order valence-electron chi connectivity index (χ0n) is 17.7. The lowest BCUT2D eigenvalue weighted by atomic mass is 10.2. The standard InChI is InChI=1S/C22H25Cl2IN6O/c1-26-9-4-10-27-21-17-5-2-3-6-19(17)29-20(30-21)13-31(14-25)22(32)28-12-15-7-8-16(23)11-18(15)24/h2-3,5-8,11,26H,4,9-10,12-14H2,1H3,(H,28,32)(H,27,29,30)/p+1. The molecule has 0 radical (unpaired) electrons. The van der Waals surface area contributed by atoms with Crippen LogP contribution >= 0.6 is 45.8 Å². The number of urea groups is 1. The highest BCUT2D eigenvalue weighted by atomic mass is 127. The van der Waals surface area contributed by atoms with Gasteiger partial charge in [0.25, 0.3) is 0 Å². The third-order valence-electron chi connectivity index (χ3n) is 4.82. The van der Waals surface area contributed by atoms with E-state index in [1.807, 2.05) is 24.3 Å². The highest BCUT2D eigenvalue weighted by Gasteiger charge is 2.16. The van der Waals surface area contributed by atoms with Crippen LogP contribution in [0.15, 0.2) is 42.5 Å². The number of nitrogens with zero attached hydrogens (tertiary/aromatic N) is 3. The lowest BCUT2D eigenvalue weighted by Gasteiger charge is -2.21. The number of halogens is 3. The van der Waals surface area contributed by atoms with E-state index in [0.29, 0.717) is 33.5 Å². The molecule has 3 rings (SSSR count). The maximum atomic E-state index is 12.8. The van der Waals surface area contributed by atoms with Crippen molar-refractivity contribution in [1.82, 2.24) is 20.2 Å². The summed E-state index contributed by atoms with van der Waals surface area (Å²) in [5.74, 6) is 1.38. The highest BCUT2D eigenvalue weighted by Crippen LogP contribution is 2.22. The van der Waals surface area contributed by atoms with E-state index in [2.05, 4.69) is 50.6 Å². The van der Waals surface area contributed by atoms with Crippen LogP contribution in [0.1, 0.15) is 17.8 Å². The van der Waals surface area contributed by atoms with E-state index in [1.165, 1.54) is 0 Å². The van der Waals surface area contributed by atoms with Crippen LogP contribution in [0.4, 0.5) is 10.6 Å². The molecule has 0 bridgehead atoms. The fraction of sp³-hybridized carbons (Fsp3) is 0.318. The van der Waals surface area contributed by atoms with E-state index >= 15 is 0 Å². The molecule has 7 nitrogen and oxygen atoms in total. The zero-order chi connectivity index (χ0) is 22.9. The average Bonchev–Trinajstić information content (AvgIpc) is 2.79. The van der Waals surface area contributed by atoms with Crippen molar-refractivity contribution >= 4 is 68.5 Å². The number of para-hydroxylation sites is 1. The quantitative estimate of drug-likeness (QED) is 0.145. The molecule has 170 valence electrons. The highest BCUT2D eigenvalue weighted by molar-refractivity contribution is 14.1. The largest absolute Gasteiger partial charge is 0.369 e. The molecular formula is C22H26Cl2IN6O+. The lowest BCUT2D eigenvalue weighted by Crippen LogP contribution is -2.79. The Hall–Kier alpha value is -1.88. The number of fused-ring (bicyclic) bond motifs is 1. The van der Waals surface area contributed by atoms with Gasteiger partial charge in [0.1, 0.15) is 5.82 Å². The fourth-order valence-corrected chi connectivity index (χ4v) is 4.16. The van der Waals surface area contributed by atoms with E-state index < -0.39 is 0 Å². The fourth-order valence-electron chi connectivity index (χ4n) is 3.13. The molecule has 0 saturated heterocycles. The maximum Gasteiger partial charge on any atom is 0.318 e. The normalized spacial score (nSPS) is 10.9. The van der Waals surface area contributed by atoms with Crippen LogP contribution in [0.2, 0.25) is 10.0 Å². The molecule has 0 aliphatic carbocycles. The Morgan fingerprint density at radius 3 is 2.75 bits per heavy atom. The number of anilines is 1. The Morgan fingerprint density at radius 1 is 1.19 bits per heavy atom. The number of hydrogen-bond acceptors (Lipinski definition) is 4. The van der Waals surface area contributed by atoms with Crippen LogP contribution in [0.5, 0.6) is 0 Å². The van der Waals surface area contributed by atoms with Gasteiger partial charge >= 0.3 is 6.03 Å². The van der Waals surface area contributed by atoms with Crippen molar-refractivity contribution < 1.29 is 10.1 Å². The van der Waals surface area contributed by atoms with Crippen LogP contribution < -0.4 is 16.0 Å². The number of hydrogen-bond donors (Lipinski definition) is 3. The van der Waals surface area contributed by atoms with Crippen molar-refractivity contribution in [2.75, 3.05) is 30.0 Å². The Labute approximate surface area is 211 Å². The van der Waals surface area contributed by atoms with Gasteiger partial charge in [-0.3, -0.25) is 0 Å². The molecule has 0 saturated carbocycles.